The summed E-state index contributed by atoms with van der Waals surface area (Å²) in [5.41, 5.74) is 7.50. The Hall–Kier alpha value is -1.72. The number of nitrogens with one attached hydrogen (secondary N) is 1. The van der Waals surface area contributed by atoms with E-state index in [1.807, 2.05) is 6.92 Å². The fourth-order valence-corrected chi connectivity index (χ4v) is 2.37. The van der Waals surface area contributed by atoms with Crippen molar-refractivity contribution < 1.29 is 4.74 Å². The fraction of sp³-hybridized carbons (Fsp3) is 0.231. The third-order valence-corrected chi connectivity index (χ3v) is 3.67. The molecule has 0 unspecified atom stereocenters. The van der Waals surface area contributed by atoms with Gasteiger partial charge in [0.15, 0.2) is 0 Å². The van der Waals surface area contributed by atoms with Crippen LogP contribution in [0.4, 0.5) is 0 Å². The molecule has 2 rings (SSSR count). The smallest absolute Gasteiger partial charge is 0.133 e. The highest BCUT2D eigenvalue weighted by Crippen LogP contribution is 2.28. The number of aryl methyl sites for hydroxylation is 2. The minimum absolute atomic E-state index is 0.139. The number of nitrogens with two attached hydrogens (primary N) is 1. The summed E-state index contributed by atoms with van der Waals surface area (Å²) in [6.45, 7) is 2.09. The standard InChI is InChI=1S/C13H14Cl2N4O/c1-7-8(12(15)19(2)18-7)6-20-10-5-3-4-9(14)11(10)13(16)17/h3-5H,6H2,1-2H3,(H3,16,17). The molecule has 106 valence electrons. The Balaban J connectivity index is 2.28. The number of hydrogen-bond donors (Lipinski definition) is 2. The topological polar surface area (TPSA) is 76.9 Å². The minimum Gasteiger partial charge on any atom is -0.488 e. The largest absolute Gasteiger partial charge is 0.488 e. The minimum atomic E-state index is -0.139. The van der Waals surface area contributed by atoms with E-state index in [1.54, 1.807) is 29.9 Å². The van der Waals surface area contributed by atoms with Crippen molar-refractivity contribution in [2.45, 2.75) is 13.5 Å². The van der Waals surface area contributed by atoms with Crippen LogP contribution in [-0.2, 0) is 13.7 Å². The molecule has 0 amide bonds. The van der Waals surface area contributed by atoms with Crippen LogP contribution >= 0.6 is 23.2 Å². The molecule has 0 fully saturated rings. The van der Waals surface area contributed by atoms with Crippen molar-refractivity contribution in [2.24, 2.45) is 12.8 Å². The summed E-state index contributed by atoms with van der Waals surface area (Å²) in [6, 6.07) is 5.11. The number of amidine groups is 1. The highest BCUT2D eigenvalue weighted by molar-refractivity contribution is 6.34. The first-order valence-corrected chi connectivity index (χ1v) is 6.61. The molecule has 5 nitrogen and oxygen atoms in total. The van der Waals surface area contributed by atoms with Gasteiger partial charge in [-0.1, -0.05) is 29.3 Å². The summed E-state index contributed by atoms with van der Waals surface area (Å²) in [7, 11) is 1.76. The molecule has 0 saturated heterocycles. The van der Waals surface area contributed by atoms with E-state index in [2.05, 4.69) is 5.10 Å². The fourth-order valence-electron chi connectivity index (χ4n) is 1.87. The molecule has 0 spiro atoms. The predicted molar refractivity (Wildman–Crippen MR) is 79.8 cm³/mol. The molecule has 1 aromatic heterocycles. The lowest BCUT2D eigenvalue weighted by Gasteiger charge is -2.11. The quantitative estimate of drug-likeness (QED) is 0.673. The first-order valence-electron chi connectivity index (χ1n) is 5.85. The summed E-state index contributed by atoms with van der Waals surface area (Å²) in [5, 5.41) is 12.7. The highest BCUT2D eigenvalue weighted by atomic mass is 35.5. The van der Waals surface area contributed by atoms with Gasteiger partial charge in [0.1, 0.15) is 23.3 Å². The van der Waals surface area contributed by atoms with Gasteiger partial charge < -0.3 is 10.5 Å². The van der Waals surface area contributed by atoms with Crippen LogP contribution in [0.3, 0.4) is 0 Å². The lowest BCUT2D eigenvalue weighted by molar-refractivity contribution is 0.305. The molecule has 0 aliphatic heterocycles. The van der Waals surface area contributed by atoms with E-state index in [1.165, 1.54) is 0 Å². The number of nitrogens with zero attached hydrogens (tertiary/aromatic N) is 2. The van der Waals surface area contributed by atoms with Crippen LogP contribution in [0.15, 0.2) is 18.2 Å². The lowest BCUT2D eigenvalue weighted by atomic mass is 10.2. The van der Waals surface area contributed by atoms with E-state index in [0.29, 0.717) is 21.5 Å². The number of benzene rings is 1. The molecule has 20 heavy (non-hydrogen) atoms. The van der Waals surface area contributed by atoms with Gasteiger partial charge in [-0.15, -0.1) is 0 Å². The maximum Gasteiger partial charge on any atom is 0.133 e. The second-order valence-electron chi connectivity index (χ2n) is 4.29. The van der Waals surface area contributed by atoms with Crippen LogP contribution in [0.25, 0.3) is 0 Å². The van der Waals surface area contributed by atoms with E-state index >= 15 is 0 Å². The number of hydrogen-bond acceptors (Lipinski definition) is 3. The van der Waals surface area contributed by atoms with Gasteiger partial charge in [0, 0.05) is 12.6 Å². The van der Waals surface area contributed by atoms with E-state index in [0.717, 1.165) is 11.3 Å². The molecule has 2 aromatic rings. The Labute approximate surface area is 126 Å². The summed E-state index contributed by atoms with van der Waals surface area (Å²) in [5.74, 6) is 0.309. The summed E-state index contributed by atoms with van der Waals surface area (Å²) in [6.07, 6.45) is 0. The maximum atomic E-state index is 7.56. The van der Waals surface area contributed by atoms with E-state index in [-0.39, 0.29) is 12.4 Å². The van der Waals surface area contributed by atoms with Gasteiger partial charge in [-0.25, -0.2) is 0 Å². The second-order valence-corrected chi connectivity index (χ2v) is 5.06. The van der Waals surface area contributed by atoms with Crippen LogP contribution < -0.4 is 10.5 Å². The van der Waals surface area contributed by atoms with Crippen LogP contribution in [-0.4, -0.2) is 15.6 Å². The van der Waals surface area contributed by atoms with Gasteiger partial charge in [-0.2, -0.15) is 5.10 Å². The number of aromatic nitrogens is 2. The molecule has 3 N–H and O–H groups in total. The van der Waals surface area contributed by atoms with Crippen LogP contribution in [0.5, 0.6) is 5.75 Å². The van der Waals surface area contributed by atoms with Crippen LogP contribution in [0.1, 0.15) is 16.8 Å². The predicted octanol–water partition coefficient (Wildman–Crippen LogP) is 2.90. The highest BCUT2D eigenvalue weighted by Gasteiger charge is 2.15. The Morgan fingerprint density at radius 2 is 2.15 bits per heavy atom. The van der Waals surface area contributed by atoms with Crippen molar-refractivity contribution in [3.05, 3.63) is 45.2 Å². The summed E-state index contributed by atoms with van der Waals surface area (Å²) < 4.78 is 7.28. The zero-order valence-corrected chi connectivity index (χ0v) is 12.6. The molecular weight excluding hydrogens is 299 g/mol. The third kappa shape index (κ3) is 2.73. The molecule has 1 aromatic carbocycles. The van der Waals surface area contributed by atoms with E-state index in [9.17, 15) is 0 Å². The summed E-state index contributed by atoms with van der Waals surface area (Å²) >= 11 is 12.2. The third-order valence-electron chi connectivity index (χ3n) is 2.89. The Bertz CT molecular complexity index is 667. The van der Waals surface area contributed by atoms with Gasteiger partial charge in [0.25, 0.3) is 0 Å². The Kier molecular flexibility index (Phi) is 4.20. The summed E-state index contributed by atoms with van der Waals surface area (Å²) in [4.78, 5) is 0. The van der Waals surface area contributed by atoms with Crippen molar-refractivity contribution in [3.63, 3.8) is 0 Å². The van der Waals surface area contributed by atoms with Crippen LogP contribution in [0.2, 0.25) is 10.2 Å². The second kappa shape index (κ2) is 5.73. The van der Waals surface area contributed by atoms with Crippen molar-refractivity contribution in [3.8, 4) is 5.75 Å². The number of ether oxygens (including phenoxy) is 1. The zero-order valence-electron chi connectivity index (χ0n) is 11.1. The lowest BCUT2D eigenvalue weighted by Crippen LogP contribution is -2.14. The molecule has 0 radical (unpaired) electrons. The van der Waals surface area contributed by atoms with Crippen molar-refractivity contribution in [1.82, 2.24) is 9.78 Å². The first-order chi connectivity index (χ1) is 9.41. The molecule has 7 heteroatoms. The molecule has 0 aliphatic carbocycles. The molecule has 0 bridgehead atoms. The average Bonchev–Trinajstić information content (AvgIpc) is 2.61. The van der Waals surface area contributed by atoms with Gasteiger partial charge in [0.05, 0.1) is 16.3 Å². The molecule has 0 aliphatic rings. The van der Waals surface area contributed by atoms with Gasteiger partial charge in [0.2, 0.25) is 0 Å². The number of nitrogen functional groups attached to an aromatic ring is 1. The van der Waals surface area contributed by atoms with Crippen molar-refractivity contribution in [2.75, 3.05) is 0 Å². The van der Waals surface area contributed by atoms with Gasteiger partial charge >= 0.3 is 0 Å². The average molecular weight is 313 g/mol. The number of rotatable bonds is 4. The Morgan fingerprint density at radius 1 is 1.45 bits per heavy atom. The maximum absolute atomic E-state index is 7.56. The molecule has 1 heterocycles. The van der Waals surface area contributed by atoms with Crippen LogP contribution in [0, 0.1) is 12.3 Å². The SMILES string of the molecule is Cc1nn(C)c(Cl)c1COc1cccc(Cl)c1C(=N)N. The van der Waals surface area contributed by atoms with Crippen molar-refractivity contribution >= 4 is 29.0 Å². The van der Waals surface area contributed by atoms with Crippen molar-refractivity contribution in [1.29, 1.82) is 5.41 Å². The zero-order chi connectivity index (χ0) is 14.9. The Morgan fingerprint density at radius 3 is 2.70 bits per heavy atom. The number of halogens is 2. The monoisotopic (exact) mass is 312 g/mol. The first kappa shape index (κ1) is 14.7. The van der Waals surface area contributed by atoms with E-state index in [4.69, 9.17) is 39.1 Å². The van der Waals surface area contributed by atoms with E-state index < -0.39 is 0 Å². The molecule has 0 saturated carbocycles. The normalized spacial score (nSPS) is 10.6. The van der Waals surface area contributed by atoms with Gasteiger partial charge in [-0.05, 0) is 19.1 Å². The van der Waals surface area contributed by atoms with Gasteiger partial charge in [-0.3, -0.25) is 10.1 Å². The molecule has 0 atom stereocenters. The molecular formula is C13H14Cl2N4O.